The molecule has 0 amide bonds. The van der Waals surface area contributed by atoms with E-state index in [-0.39, 0.29) is 10.8 Å². The molecule has 2 nitrogen and oxygen atoms in total. The molecule has 0 atom stereocenters. The molecule has 642 valence electrons. The quantitative estimate of drug-likeness (QED) is 0.141. The Hall–Kier alpha value is -16.1. The minimum atomic E-state index is -0.181. The van der Waals surface area contributed by atoms with E-state index >= 15 is 0 Å². The fourth-order valence-corrected chi connectivity index (χ4v) is 27.8. The van der Waals surface area contributed by atoms with Crippen LogP contribution in [-0.4, -0.2) is 9.13 Å². The van der Waals surface area contributed by atoms with Crippen molar-refractivity contribution in [1.29, 1.82) is 0 Å². The number of aromatic nitrogens is 2. The number of para-hydroxylation sites is 3. The minimum absolute atomic E-state index is 0.169. The molecule has 2 aliphatic carbocycles. The highest BCUT2D eigenvalue weighted by molar-refractivity contribution is 7.30. The summed E-state index contributed by atoms with van der Waals surface area (Å²) >= 11 is 5.79. The van der Waals surface area contributed by atoms with Crippen LogP contribution >= 0.6 is 34.0 Å². The van der Waals surface area contributed by atoms with Crippen LogP contribution in [0.5, 0.6) is 0 Å². The van der Waals surface area contributed by atoms with Crippen LogP contribution in [0.2, 0.25) is 0 Å². The van der Waals surface area contributed by atoms with Crippen LogP contribution in [0.25, 0.3) is 258 Å². The molecule has 5 heterocycles. The number of thiophene rings is 3. The van der Waals surface area contributed by atoms with Crippen LogP contribution in [0, 0.1) is 0 Å². The summed E-state index contributed by atoms with van der Waals surface area (Å²) < 4.78 is 13.0. The van der Waals surface area contributed by atoms with E-state index in [0.29, 0.717) is 0 Å². The van der Waals surface area contributed by atoms with Gasteiger partial charge in [0.1, 0.15) is 0 Å². The zero-order chi connectivity index (χ0) is 90.6. The van der Waals surface area contributed by atoms with Gasteiger partial charge in [0.2, 0.25) is 0 Å². The lowest BCUT2D eigenvalue weighted by atomic mass is 9.73. The Morgan fingerprint density at radius 1 is 0.182 bits per heavy atom. The van der Waals surface area contributed by atoms with Crippen LogP contribution in [0.4, 0.5) is 0 Å². The van der Waals surface area contributed by atoms with Crippen LogP contribution in [0.15, 0.2) is 449 Å². The van der Waals surface area contributed by atoms with Gasteiger partial charge in [-0.15, -0.1) is 34.0 Å². The Kier molecular flexibility index (Phi) is 17.8. The largest absolute Gasteiger partial charge is 0.309 e. The molecule has 0 aliphatic heterocycles. The van der Waals surface area contributed by atoms with E-state index < -0.39 is 0 Å². The molecule has 0 saturated carbocycles. The van der Waals surface area contributed by atoms with Gasteiger partial charge < -0.3 is 9.13 Å². The molecule has 0 radical (unpaired) electrons. The monoisotopic (exact) mass is 1790 g/mol. The highest BCUT2D eigenvalue weighted by Gasteiger charge is 2.44. The van der Waals surface area contributed by atoms with Crippen molar-refractivity contribution in [3.8, 4) is 89.3 Å². The van der Waals surface area contributed by atoms with E-state index in [0.717, 1.165) is 0 Å². The van der Waals surface area contributed by atoms with E-state index in [1.165, 1.54) is 280 Å². The number of rotatable bonds is 7. The first-order chi connectivity index (χ1) is 67.5. The van der Waals surface area contributed by atoms with E-state index in [1.54, 1.807) is 0 Å². The first-order valence-corrected chi connectivity index (χ1v) is 50.0. The summed E-state index contributed by atoms with van der Waals surface area (Å²) in [6, 6.07) is 166. The van der Waals surface area contributed by atoms with Gasteiger partial charge in [-0.1, -0.05) is 386 Å². The van der Waals surface area contributed by atoms with Crippen LogP contribution < -0.4 is 0 Å². The highest BCUT2D eigenvalue weighted by atomic mass is 32.1. The molecule has 2 aliphatic rings. The van der Waals surface area contributed by atoms with Gasteiger partial charge in [-0.25, -0.2) is 0 Å². The fourth-order valence-electron chi connectivity index (χ4n) is 24.0. The van der Waals surface area contributed by atoms with E-state index in [9.17, 15) is 0 Å². The molecule has 23 aromatic carbocycles. The van der Waals surface area contributed by atoms with Gasteiger partial charge in [0, 0.05) is 120 Å². The topological polar surface area (TPSA) is 9.86 Å². The molecule has 5 aromatic heterocycles. The van der Waals surface area contributed by atoms with Gasteiger partial charge in [-0.3, -0.25) is 0 Å². The number of benzene rings is 23. The standard InChI is InChI=1S/C50H38.C44H25NS2.C38H23NS/c1-49(2)43-26-21-35(32-16-10-6-11-17-32)29-41(43)39-25-24-38-40-28-34(31-14-8-5-9-15-31)20-23-37(40)45-42-30-36(33-18-12-7-13-19-33)22-27-44(42)50(3,4)48(45)46(38)47(39)49;1-2-10-28(11-3-1)45-37-16-8-6-13-30(37)35-24-26(18-22-38(35)45)27-19-23-40-36(25-27)33-21-20-32-29-12-4-5-14-31(29)41-34-15-7-9-17-39(34)47-44(41)42(32)43(33)46-40;1-2-10-24(11-3-1)25-18-20-26(21-19-25)39-33-16-8-6-13-28(33)30-23-22-29-27-12-4-5-14-31(27)38-36(35(29)37(30)39)32-15-7-9-17-34(32)40-38/h5-30H,1-4H3;1-25H;1-23H. The Labute approximate surface area is 804 Å². The first kappa shape index (κ1) is 79.4. The van der Waals surface area contributed by atoms with Crippen molar-refractivity contribution in [3.05, 3.63) is 471 Å². The van der Waals surface area contributed by atoms with E-state index in [4.69, 9.17) is 0 Å². The van der Waals surface area contributed by atoms with Crippen molar-refractivity contribution in [2.75, 3.05) is 0 Å². The summed E-state index contributed by atoms with van der Waals surface area (Å²) in [5, 5.41) is 29.4. The second-order valence-electron chi connectivity index (χ2n) is 38.2. The van der Waals surface area contributed by atoms with Gasteiger partial charge in [-0.05, 0) is 240 Å². The molecule has 0 saturated heterocycles. The molecular weight excluding hydrogens is 1710 g/mol. The van der Waals surface area contributed by atoms with Gasteiger partial charge in [0.15, 0.2) is 0 Å². The minimum Gasteiger partial charge on any atom is -0.309 e. The van der Waals surface area contributed by atoms with Crippen LogP contribution in [0.3, 0.4) is 0 Å². The van der Waals surface area contributed by atoms with Gasteiger partial charge in [0.05, 0.1) is 22.1 Å². The SMILES string of the molecule is CC1(C)c2ccc(-c3ccccc3)cc2-c2ccc3c(c21)c1c(c2ccc(-c4ccccc4)cc23)-c2cc(-c3ccccc3)ccc2C1(C)C.c1ccc(-c2ccc(-n3c4ccccc4c4ccc5c6ccccc6c6sc7ccccc7c6c5c43)cc2)cc1.c1ccc(-n2c3ccccc3c3cc(-c4ccc5sc6c(ccc7c8ccccc8c8c9ccccc9sc8c76)c5c4)ccc32)cc1. The third kappa shape index (κ3) is 12.0. The van der Waals surface area contributed by atoms with Crippen LogP contribution in [-0.2, 0) is 10.8 Å². The normalized spacial score (nSPS) is 13.1. The predicted molar refractivity (Wildman–Crippen MR) is 594 cm³/mol. The lowest BCUT2D eigenvalue weighted by Crippen LogP contribution is -2.20. The summed E-state index contributed by atoms with van der Waals surface area (Å²) in [6.07, 6.45) is 0. The smallest absolute Gasteiger partial charge is 0.0626 e. The van der Waals surface area contributed by atoms with Crippen molar-refractivity contribution in [2.24, 2.45) is 0 Å². The van der Waals surface area contributed by atoms with Crippen molar-refractivity contribution < 1.29 is 0 Å². The average molecular weight is 1800 g/mol. The zero-order valence-electron chi connectivity index (χ0n) is 75.8. The van der Waals surface area contributed by atoms with E-state index in [2.05, 4.69) is 486 Å². The van der Waals surface area contributed by atoms with Crippen molar-refractivity contribution in [3.63, 3.8) is 0 Å². The third-order valence-electron chi connectivity index (χ3n) is 30.1. The number of nitrogens with zero attached hydrogens (tertiary/aromatic N) is 2. The maximum absolute atomic E-state index is 2.49. The number of hydrogen-bond acceptors (Lipinski definition) is 3. The zero-order valence-corrected chi connectivity index (χ0v) is 78.3. The van der Waals surface area contributed by atoms with Crippen molar-refractivity contribution in [1.82, 2.24) is 9.13 Å². The second kappa shape index (κ2) is 30.7. The van der Waals surface area contributed by atoms with Crippen molar-refractivity contribution >= 4 is 203 Å². The molecule has 30 rings (SSSR count). The summed E-state index contributed by atoms with van der Waals surface area (Å²) in [5.41, 5.74) is 30.7. The second-order valence-corrected chi connectivity index (χ2v) is 41.4. The Morgan fingerprint density at radius 3 is 1.19 bits per heavy atom. The maximum atomic E-state index is 2.49. The number of hydrogen-bond donors (Lipinski definition) is 0. The summed E-state index contributed by atoms with van der Waals surface area (Å²) in [5.74, 6) is 0. The molecule has 0 spiro atoms. The molecule has 137 heavy (non-hydrogen) atoms. The summed E-state index contributed by atoms with van der Waals surface area (Å²) in [6.45, 7) is 9.79. The molecule has 0 unspecified atom stereocenters. The highest BCUT2D eigenvalue weighted by Crippen LogP contribution is 2.62. The van der Waals surface area contributed by atoms with Crippen molar-refractivity contribution in [2.45, 2.75) is 38.5 Å². The molecule has 0 N–H and O–H groups in total. The Balaban J connectivity index is 0.000000102. The molecule has 0 bridgehead atoms. The van der Waals surface area contributed by atoms with Gasteiger partial charge in [-0.2, -0.15) is 0 Å². The fraction of sp³-hybridized carbons (Fsp3) is 0.0455. The molecule has 5 heteroatoms. The average Bonchev–Trinajstić information content (AvgIpc) is 1.53. The third-order valence-corrected chi connectivity index (χ3v) is 33.7. The van der Waals surface area contributed by atoms with E-state index in [1.807, 2.05) is 34.0 Å². The van der Waals surface area contributed by atoms with Gasteiger partial charge in [0.25, 0.3) is 0 Å². The first-order valence-electron chi connectivity index (χ1n) is 47.6. The lowest BCUT2D eigenvalue weighted by Gasteiger charge is -2.29. The Morgan fingerprint density at radius 2 is 0.547 bits per heavy atom. The summed E-state index contributed by atoms with van der Waals surface area (Å²) in [4.78, 5) is 0. The Bertz CT molecular complexity index is 9940. The molecular formula is C132H86N2S3. The lowest BCUT2D eigenvalue weighted by molar-refractivity contribution is 0.651. The van der Waals surface area contributed by atoms with Gasteiger partial charge >= 0.3 is 0 Å². The number of fused-ring (bicyclic) bond motifs is 39. The van der Waals surface area contributed by atoms with Crippen LogP contribution in [0.1, 0.15) is 49.9 Å². The molecule has 0 fully saturated rings. The predicted octanol–water partition coefficient (Wildman–Crippen LogP) is 38.2. The summed E-state index contributed by atoms with van der Waals surface area (Å²) in [7, 11) is 0. The maximum Gasteiger partial charge on any atom is 0.0626 e. The molecule has 28 aromatic rings.